The number of alkyl halides is 1. The number of hydrogen-bond donors (Lipinski definition) is 0. The van der Waals surface area contributed by atoms with Gasteiger partial charge in [-0.1, -0.05) is 126 Å². The Hall–Kier alpha value is 0.480. The van der Waals surface area contributed by atoms with Gasteiger partial charge in [0.15, 0.2) is 0 Å². The van der Waals surface area contributed by atoms with Crippen LogP contribution in [0.1, 0.15) is 117 Å². The summed E-state index contributed by atoms with van der Waals surface area (Å²) in [7, 11) is 0. The van der Waals surface area contributed by atoms with Crippen molar-refractivity contribution in [2.45, 2.75) is 117 Å². The fourth-order valence-corrected chi connectivity index (χ4v) is 3.84. The maximum Gasteiger partial charge on any atom is 0.00339 e. The van der Waals surface area contributed by atoms with E-state index in [1.54, 1.807) is 0 Å². The van der Waals surface area contributed by atoms with E-state index >= 15 is 0 Å². The van der Waals surface area contributed by atoms with Crippen molar-refractivity contribution in [3.8, 4) is 0 Å². The zero-order valence-electron chi connectivity index (χ0n) is 15.0. The van der Waals surface area contributed by atoms with Gasteiger partial charge in [0.25, 0.3) is 0 Å². The van der Waals surface area contributed by atoms with Crippen LogP contribution in [0.25, 0.3) is 0 Å². The first-order chi connectivity index (χ1) is 10.3. The lowest BCUT2D eigenvalue weighted by Gasteiger charge is -2.15. The third-order valence-electron chi connectivity index (χ3n) is 4.70. The van der Waals surface area contributed by atoms with E-state index in [0.717, 1.165) is 5.92 Å². The van der Waals surface area contributed by atoms with Crippen LogP contribution in [-0.2, 0) is 0 Å². The van der Waals surface area contributed by atoms with Gasteiger partial charge in [-0.25, -0.2) is 0 Å². The lowest BCUT2D eigenvalue weighted by molar-refractivity contribution is 0.398. The molecular weight excluding hydrogens is 320 g/mol. The molecule has 0 rings (SSSR count). The second-order valence-corrected chi connectivity index (χ2v) is 7.60. The van der Waals surface area contributed by atoms with Crippen LogP contribution < -0.4 is 0 Å². The number of hydrogen-bond acceptors (Lipinski definition) is 0. The SMILES string of the molecule is CCCCCCCCCCCCC(CCBr)CCCCC. The van der Waals surface area contributed by atoms with E-state index in [9.17, 15) is 0 Å². The van der Waals surface area contributed by atoms with Crippen LogP contribution in [0.4, 0.5) is 0 Å². The molecule has 1 unspecified atom stereocenters. The summed E-state index contributed by atoms with van der Waals surface area (Å²) in [4.78, 5) is 0. The molecule has 0 N–H and O–H groups in total. The lowest BCUT2D eigenvalue weighted by Crippen LogP contribution is -2.01. The molecule has 0 heterocycles. The van der Waals surface area contributed by atoms with Gasteiger partial charge >= 0.3 is 0 Å². The van der Waals surface area contributed by atoms with Crippen molar-refractivity contribution in [1.29, 1.82) is 0 Å². The van der Waals surface area contributed by atoms with Gasteiger partial charge in [-0.15, -0.1) is 0 Å². The number of halogens is 1. The summed E-state index contributed by atoms with van der Waals surface area (Å²) in [6.45, 7) is 4.60. The Morgan fingerprint density at radius 1 is 0.524 bits per heavy atom. The first-order valence-corrected chi connectivity index (χ1v) is 11.0. The third kappa shape index (κ3) is 16.7. The number of rotatable bonds is 17. The molecule has 0 bridgehead atoms. The molecule has 0 saturated heterocycles. The molecule has 0 fully saturated rings. The third-order valence-corrected chi connectivity index (χ3v) is 5.16. The van der Waals surface area contributed by atoms with Gasteiger partial charge < -0.3 is 0 Å². The van der Waals surface area contributed by atoms with Crippen LogP contribution in [0.5, 0.6) is 0 Å². The Labute approximate surface area is 144 Å². The molecule has 0 aromatic rings. The van der Waals surface area contributed by atoms with Crippen molar-refractivity contribution in [2.75, 3.05) is 5.33 Å². The highest BCUT2D eigenvalue weighted by Crippen LogP contribution is 2.22. The smallest absolute Gasteiger partial charge is 0.00339 e. The van der Waals surface area contributed by atoms with E-state index in [1.165, 1.54) is 108 Å². The van der Waals surface area contributed by atoms with Crippen molar-refractivity contribution in [3.05, 3.63) is 0 Å². The Bertz CT molecular complexity index is 179. The second kappa shape index (κ2) is 18.5. The minimum absolute atomic E-state index is 0.991. The molecule has 128 valence electrons. The number of unbranched alkanes of at least 4 members (excludes halogenated alkanes) is 11. The highest BCUT2D eigenvalue weighted by Gasteiger charge is 2.07. The van der Waals surface area contributed by atoms with Crippen LogP contribution in [0.15, 0.2) is 0 Å². The quantitative estimate of drug-likeness (QED) is 0.181. The van der Waals surface area contributed by atoms with Crippen LogP contribution in [-0.4, -0.2) is 5.33 Å². The van der Waals surface area contributed by atoms with Gasteiger partial charge in [-0.05, 0) is 12.3 Å². The predicted octanol–water partition coefficient (Wildman–Crippen LogP) is 8.28. The van der Waals surface area contributed by atoms with Crippen molar-refractivity contribution in [2.24, 2.45) is 5.92 Å². The van der Waals surface area contributed by atoms with Crippen LogP contribution in [0.3, 0.4) is 0 Å². The normalized spacial score (nSPS) is 12.7. The first kappa shape index (κ1) is 21.5. The summed E-state index contributed by atoms with van der Waals surface area (Å²) in [6, 6.07) is 0. The summed E-state index contributed by atoms with van der Waals surface area (Å²) >= 11 is 3.63. The van der Waals surface area contributed by atoms with E-state index in [1.807, 2.05) is 0 Å². The Morgan fingerprint density at radius 2 is 0.905 bits per heavy atom. The molecule has 0 aliphatic heterocycles. The summed E-state index contributed by atoms with van der Waals surface area (Å²) in [6.07, 6.45) is 23.2. The lowest BCUT2D eigenvalue weighted by atomic mass is 9.92. The molecule has 0 aliphatic carbocycles. The van der Waals surface area contributed by atoms with E-state index in [4.69, 9.17) is 0 Å². The van der Waals surface area contributed by atoms with Crippen molar-refractivity contribution < 1.29 is 0 Å². The fourth-order valence-electron chi connectivity index (χ4n) is 3.19. The summed E-state index contributed by atoms with van der Waals surface area (Å²) < 4.78 is 0. The molecule has 0 saturated carbocycles. The molecule has 0 amide bonds. The van der Waals surface area contributed by atoms with Crippen molar-refractivity contribution >= 4 is 15.9 Å². The van der Waals surface area contributed by atoms with Gasteiger partial charge in [0, 0.05) is 5.33 Å². The van der Waals surface area contributed by atoms with Crippen molar-refractivity contribution in [3.63, 3.8) is 0 Å². The van der Waals surface area contributed by atoms with E-state index < -0.39 is 0 Å². The maximum atomic E-state index is 3.63. The Morgan fingerprint density at radius 3 is 1.38 bits per heavy atom. The molecule has 21 heavy (non-hydrogen) atoms. The summed E-state index contributed by atoms with van der Waals surface area (Å²) in [5.74, 6) is 0.991. The van der Waals surface area contributed by atoms with Gasteiger partial charge in [0.2, 0.25) is 0 Å². The van der Waals surface area contributed by atoms with Gasteiger partial charge in [0.05, 0.1) is 0 Å². The molecule has 0 spiro atoms. The molecule has 1 heteroatoms. The summed E-state index contributed by atoms with van der Waals surface area (Å²) in [5, 5.41) is 1.20. The van der Waals surface area contributed by atoms with Crippen molar-refractivity contribution in [1.82, 2.24) is 0 Å². The second-order valence-electron chi connectivity index (χ2n) is 6.81. The van der Waals surface area contributed by atoms with E-state index in [2.05, 4.69) is 29.8 Å². The van der Waals surface area contributed by atoms with Gasteiger partial charge in [-0.2, -0.15) is 0 Å². The predicted molar refractivity (Wildman–Crippen MR) is 103 cm³/mol. The van der Waals surface area contributed by atoms with Crippen LogP contribution in [0, 0.1) is 5.92 Å². The molecule has 0 aliphatic rings. The molecule has 1 atom stereocenters. The van der Waals surface area contributed by atoms with Crippen LogP contribution in [0.2, 0.25) is 0 Å². The zero-order chi connectivity index (χ0) is 15.6. The van der Waals surface area contributed by atoms with E-state index in [-0.39, 0.29) is 0 Å². The highest BCUT2D eigenvalue weighted by molar-refractivity contribution is 9.09. The average molecular weight is 361 g/mol. The maximum absolute atomic E-state index is 3.63. The topological polar surface area (TPSA) is 0 Å². The van der Waals surface area contributed by atoms with Gasteiger partial charge in [-0.3, -0.25) is 0 Å². The first-order valence-electron chi connectivity index (χ1n) is 9.91. The molecular formula is C20H41Br. The molecule has 0 aromatic heterocycles. The average Bonchev–Trinajstić information content (AvgIpc) is 2.49. The largest absolute Gasteiger partial charge is 0.0928 e. The minimum atomic E-state index is 0.991. The standard InChI is InChI=1S/C20H41Br/c1-3-5-7-8-9-10-11-12-13-15-17-20(18-19-21)16-14-6-4-2/h20H,3-19H2,1-2H3. The minimum Gasteiger partial charge on any atom is -0.0928 e. The fraction of sp³-hybridized carbons (Fsp3) is 1.00. The zero-order valence-corrected chi connectivity index (χ0v) is 16.6. The Kier molecular flexibility index (Phi) is 19.0. The highest BCUT2D eigenvalue weighted by atomic mass is 79.9. The monoisotopic (exact) mass is 360 g/mol. The van der Waals surface area contributed by atoms with Crippen LogP contribution >= 0.6 is 15.9 Å². The molecule has 0 nitrogen and oxygen atoms in total. The van der Waals surface area contributed by atoms with E-state index in [0.29, 0.717) is 0 Å². The molecule has 0 radical (unpaired) electrons. The van der Waals surface area contributed by atoms with Gasteiger partial charge in [0.1, 0.15) is 0 Å². The Balaban J connectivity index is 3.32. The molecule has 0 aromatic carbocycles. The summed E-state index contributed by atoms with van der Waals surface area (Å²) in [5.41, 5.74) is 0.